The third-order valence-electron chi connectivity index (χ3n) is 3.61. The molecule has 2 amide bonds. The van der Waals surface area contributed by atoms with Crippen molar-refractivity contribution in [3.63, 3.8) is 0 Å². The molecule has 0 aliphatic carbocycles. The van der Waals surface area contributed by atoms with Crippen LogP contribution in [0.5, 0.6) is 0 Å². The number of rotatable bonds is 5. The zero-order valence-electron chi connectivity index (χ0n) is 12.8. The molecule has 6 nitrogen and oxygen atoms in total. The summed E-state index contributed by atoms with van der Waals surface area (Å²) >= 11 is 0. The van der Waals surface area contributed by atoms with Gasteiger partial charge in [0.25, 0.3) is 0 Å². The van der Waals surface area contributed by atoms with Crippen molar-refractivity contribution < 1.29 is 19.4 Å². The Labute approximate surface area is 120 Å². The topological polar surface area (TPSA) is 78.9 Å². The van der Waals surface area contributed by atoms with E-state index in [4.69, 9.17) is 9.84 Å². The van der Waals surface area contributed by atoms with E-state index in [2.05, 4.69) is 12.2 Å². The number of carboxylic acids is 1. The Kier molecular flexibility index (Phi) is 5.80. The van der Waals surface area contributed by atoms with Crippen molar-refractivity contribution in [3.8, 4) is 0 Å². The Morgan fingerprint density at radius 2 is 2.05 bits per heavy atom. The summed E-state index contributed by atoms with van der Waals surface area (Å²) in [5.74, 6) is -0.693. The second-order valence-corrected chi connectivity index (χ2v) is 6.20. The third kappa shape index (κ3) is 4.67. The summed E-state index contributed by atoms with van der Waals surface area (Å²) < 4.78 is 5.58. The highest BCUT2D eigenvalue weighted by atomic mass is 16.5. The van der Waals surface area contributed by atoms with Gasteiger partial charge in [0.15, 0.2) is 0 Å². The molecule has 1 aliphatic rings. The van der Waals surface area contributed by atoms with Crippen molar-refractivity contribution in [2.75, 3.05) is 19.7 Å². The maximum absolute atomic E-state index is 12.2. The van der Waals surface area contributed by atoms with Crippen LogP contribution in [-0.2, 0) is 9.53 Å². The minimum absolute atomic E-state index is 0.192. The summed E-state index contributed by atoms with van der Waals surface area (Å²) in [4.78, 5) is 24.4. The van der Waals surface area contributed by atoms with Gasteiger partial charge in [-0.25, -0.2) is 4.79 Å². The van der Waals surface area contributed by atoms with Crippen molar-refractivity contribution in [1.29, 1.82) is 0 Å². The Hall–Kier alpha value is -1.30. The van der Waals surface area contributed by atoms with Gasteiger partial charge < -0.3 is 20.1 Å². The smallest absolute Gasteiger partial charge is 0.323 e. The van der Waals surface area contributed by atoms with Crippen LogP contribution in [0.4, 0.5) is 4.79 Å². The fourth-order valence-electron chi connectivity index (χ4n) is 2.44. The molecule has 2 atom stereocenters. The van der Waals surface area contributed by atoms with Gasteiger partial charge in [-0.2, -0.15) is 0 Å². The molecule has 0 aromatic carbocycles. The lowest BCUT2D eigenvalue weighted by molar-refractivity contribution is -0.138. The highest BCUT2D eigenvalue weighted by molar-refractivity contribution is 5.80. The molecule has 1 aliphatic heterocycles. The van der Waals surface area contributed by atoms with Gasteiger partial charge in [-0.15, -0.1) is 0 Å². The Balaban J connectivity index is 2.56. The molecule has 116 valence electrons. The van der Waals surface area contributed by atoms with E-state index >= 15 is 0 Å². The summed E-state index contributed by atoms with van der Waals surface area (Å²) in [7, 11) is 0. The van der Waals surface area contributed by atoms with Gasteiger partial charge >= 0.3 is 12.0 Å². The Bertz CT molecular complexity index is 352. The third-order valence-corrected chi connectivity index (χ3v) is 3.61. The van der Waals surface area contributed by atoms with Crippen molar-refractivity contribution in [1.82, 2.24) is 10.2 Å². The molecule has 2 N–H and O–H groups in total. The number of nitrogens with zero attached hydrogens (tertiary/aromatic N) is 1. The van der Waals surface area contributed by atoms with Gasteiger partial charge in [0, 0.05) is 24.6 Å². The van der Waals surface area contributed by atoms with E-state index < -0.39 is 11.5 Å². The number of hydrogen-bond acceptors (Lipinski definition) is 3. The number of amides is 2. The first-order valence-electron chi connectivity index (χ1n) is 7.14. The number of nitrogens with one attached hydrogen (secondary N) is 1. The van der Waals surface area contributed by atoms with Crippen LogP contribution < -0.4 is 5.32 Å². The van der Waals surface area contributed by atoms with Crippen LogP contribution in [0.1, 0.15) is 40.5 Å². The normalized spacial score (nSPS) is 22.6. The molecule has 0 radical (unpaired) electrons. The Morgan fingerprint density at radius 1 is 1.40 bits per heavy atom. The molecule has 20 heavy (non-hydrogen) atoms. The van der Waals surface area contributed by atoms with E-state index in [-0.39, 0.29) is 18.7 Å². The molecule has 1 rings (SSSR count). The van der Waals surface area contributed by atoms with Crippen molar-refractivity contribution in [2.45, 2.75) is 52.2 Å². The minimum atomic E-state index is -1.01. The predicted molar refractivity (Wildman–Crippen MR) is 75.6 cm³/mol. The van der Waals surface area contributed by atoms with E-state index in [0.717, 1.165) is 19.4 Å². The number of hydrogen-bond donors (Lipinski definition) is 2. The fraction of sp³-hybridized carbons (Fsp3) is 0.857. The molecule has 2 unspecified atom stereocenters. The summed E-state index contributed by atoms with van der Waals surface area (Å²) in [6, 6.07) is -0.332. The second kappa shape index (κ2) is 6.92. The number of carbonyl (C=O) groups is 2. The summed E-state index contributed by atoms with van der Waals surface area (Å²) in [5.41, 5.74) is -0.529. The fourth-order valence-corrected chi connectivity index (χ4v) is 2.44. The van der Waals surface area contributed by atoms with Gasteiger partial charge in [0.05, 0.1) is 6.10 Å². The van der Waals surface area contributed by atoms with E-state index in [1.807, 2.05) is 20.8 Å². The lowest BCUT2D eigenvalue weighted by atomic mass is 10.00. The number of carboxylic acid groups (broad SMARTS) is 1. The van der Waals surface area contributed by atoms with Crippen molar-refractivity contribution >= 4 is 12.0 Å². The molecule has 0 bridgehead atoms. The van der Waals surface area contributed by atoms with Crippen LogP contribution in [0, 0.1) is 5.92 Å². The molecule has 0 aromatic heterocycles. The maximum atomic E-state index is 12.2. The first kappa shape index (κ1) is 16.8. The molecular weight excluding hydrogens is 260 g/mol. The van der Waals surface area contributed by atoms with Crippen LogP contribution >= 0.6 is 0 Å². The van der Waals surface area contributed by atoms with Gasteiger partial charge in [0.1, 0.15) is 6.54 Å². The van der Waals surface area contributed by atoms with E-state index in [1.165, 1.54) is 4.90 Å². The first-order valence-corrected chi connectivity index (χ1v) is 7.14. The first-order chi connectivity index (χ1) is 9.25. The van der Waals surface area contributed by atoms with Crippen LogP contribution in [0.25, 0.3) is 0 Å². The largest absolute Gasteiger partial charge is 0.480 e. The standard InChI is InChI=1S/C14H26N2O4/c1-5-11-10(6-7-20-11)8-15-13(19)16(9-12(17)18)14(2,3)4/h10-11H,5-9H2,1-4H3,(H,15,19)(H,17,18). The SMILES string of the molecule is CCC1OCCC1CNC(=O)N(CC(=O)O)C(C)(C)C. The van der Waals surface area contributed by atoms with Gasteiger partial charge in [-0.3, -0.25) is 4.79 Å². The zero-order valence-corrected chi connectivity index (χ0v) is 12.8. The minimum Gasteiger partial charge on any atom is -0.480 e. The van der Waals surface area contributed by atoms with E-state index in [9.17, 15) is 9.59 Å². The highest BCUT2D eigenvalue weighted by Crippen LogP contribution is 2.22. The van der Waals surface area contributed by atoms with E-state index in [1.54, 1.807) is 0 Å². The van der Waals surface area contributed by atoms with Gasteiger partial charge in [-0.1, -0.05) is 6.92 Å². The van der Waals surface area contributed by atoms with Crippen LogP contribution in [0.3, 0.4) is 0 Å². The second-order valence-electron chi connectivity index (χ2n) is 6.20. The molecule has 1 saturated heterocycles. The number of aliphatic carboxylic acids is 1. The summed E-state index contributed by atoms with van der Waals surface area (Å²) in [6.45, 7) is 8.50. The summed E-state index contributed by atoms with van der Waals surface area (Å²) in [6.07, 6.45) is 2.06. The molecule has 0 saturated carbocycles. The van der Waals surface area contributed by atoms with Crippen molar-refractivity contribution in [3.05, 3.63) is 0 Å². The van der Waals surface area contributed by atoms with Crippen molar-refractivity contribution in [2.24, 2.45) is 5.92 Å². The average molecular weight is 286 g/mol. The lowest BCUT2D eigenvalue weighted by Gasteiger charge is -2.34. The van der Waals surface area contributed by atoms with Gasteiger partial charge in [0.2, 0.25) is 0 Å². The molecular formula is C14H26N2O4. The number of ether oxygens (including phenoxy) is 1. The molecule has 1 fully saturated rings. The highest BCUT2D eigenvalue weighted by Gasteiger charge is 2.31. The van der Waals surface area contributed by atoms with Crippen LogP contribution in [0.2, 0.25) is 0 Å². The zero-order chi connectivity index (χ0) is 15.3. The van der Waals surface area contributed by atoms with Gasteiger partial charge in [-0.05, 0) is 33.6 Å². The van der Waals surface area contributed by atoms with Crippen LogP contribution in [-0.4, -0.2) is 53.3 Å². The Morgan fingerprint density at radius 3 is 2.55 bits per heavy atom. The number of carbonyl (C=O) groups excluding carboxylic acids is 1. The lowest BCUT2D eigenvalue weighted by Crippen LogP contribution is -2.53. The van der Waals surface area contributed by atoms with E-state index in [0.29, 0.717) is 12.5 Å². The molecule has 1 heterocycles. The predicted octanol–water partition coefficient (Wildman–Crippen LogP) is 1.70. The average Bonchev–Trinajstić information content (AvgIpc) is 2.78. The quantitative estimate of drug-likeness (QED) is 0.806. The molecule has 0 aromatic rings. The number of urea groups is 1. The summed E-state index contributed by atoms with van der Waals surface area (Å²) in [5, 5.41) is 11.8. The van der Waals surface area contributed by atoms with Crippen LogP contribution in [0.15, 0.2) is 0 Å². The monoisotopic (exact) mass is 286 g/mol. The molecule has 0 spiro atoms. The maximum Gasteiger partial charge on any atom is 0.323 e. The molecule has 6 heteroatoms.